The van der Waals surface area contributed by atoms with E-state index in [1.807, 2.05) is 44.2 Å². The molecule has 0 radical (unpaired) electrons. The van der Waals surface area contributed by atoms with Crippen LogP contribution < -0.4 is 0 Å². The molecule has 2 aromatic rings. The van der Waals surface area contributed by atoms with Crippen molar-refractivity contribution in [3.8, 4) is 5.75 Å². The van der Waals surface area contributed by atoms with Gasteiger partial charge >= 0.3 is 0 Å². The Labute approximate surface area is 120 Å². The quantitative estimate of drug-likeness (QED) is 0.825. The Morgan fingerprint density at radius 3 is 2.40 bits per heavy atom. The predicted octanol–water partition coefficient (Wildman–Crippen LogP) is 4.21. The van der Waals surface area contributed by atoms with Crippen molar-refractivity contribution in [1.82, 2.24) is 0 Å². The molecule has 0 aliphatic rings. The highest BCUT2D eigenvalue weighted by Gasteiger charge is 2.13. The maximum absolute atomic E-state index is 12.1. The van der Waals surface area contributed by atoms with E-state index in [0.29, 0.717) is 17.9 Å². The molecule has 2 nitrogen and oxygen atoms in total. The number of hydrogen-bond acceptors (Lipinski definition) is 2. The van der Waals surface area contributed by atoms with Crippen molar-refractivity contribution < 1.29 is 9.90 Å². The summed E-state index contributed by atoms with van der Waals surface area (Å²) in [6, 6.07) is 15.4. The fourth-order valence-corrected chi connectivity index (χ4v) is 2.23. The minimum Gasteiger partial charge on any atom is -0.507 e. The minimum atomic E-state index is 0.00686. The van der Waals surface area contributed by atoms with Gasteiger partial charge in [-0.15, -0.1) is 0 Å². The van der Waals surface area contributed by atoms with Crippen molar-refractivity contribution in [1.29, 1.82) is 0 Å². The van der Waals surface area contributed by atoms with Gasteiger partial charge in [-0.1, -0.05) is 50.2 Å². The van der Waals surface area contributed by atoms with Crippen molar-refractivity contribution in [2.75, 3.05) is 0 Å². The second-order valence-electron chi connectivity index (χ2n) is 5.54. The summed E-state index contributed by atoms with van der Waals surface area (Å²) in [6.07, 6.45) is 1.23. The maximum Gasteiger partial charge on any atom is 0.166 e. The van der Waals surface area contributed by atoms with Gasteiger partial charge in [0.2, 0.25) is 0 Å². The van der Waals surface area contributed by atoms with Crippen LogP contribution in [-0.2, 0) is 6.42 Å². The topological polar surface area (TPSA) is 37.3 Å². The van der Waals surface area contributed by atoms with Gasteiger partial charge in [-0.3, -0.25) is 4.79 Å². The molecule has 0 saturated heterocycles. The molecule has 0 amide bonds. The van der Waals surface area contributed by atoms with Crippen molar-refractivity contribution in [2.45, 2.75) is 26.7 Å². The summed E-state index contributed by atoms with van der Waals surface area (Å²) in [5.41, 5.74) is 2.67. The first-order chi connectivity index (χ1) is 9.56. The molecule has 0 aromatic heterocycles. The first-order valence-electron chi connectivity index (χ1n) is 6.95. The van der Waals surface area contributed by atoms with Gasteiger partial charge in [0.05, 0.1) is 5.56 Å². The Kier molecular flexibility index (Phi) is 4.57. The molecule has 0 spiro atoms. The van der Waals surface area contributed by atoms with Crippen molar-refractivity contribution in [2.24, 2.45) is 5.92 Å². The number of ketones is 1. The number of hydrogen-bond donors (Lipinski definition) is 1. The lowest BCUT2D eigenvalue weighted by atomic mass is 9.96. The van der Waals surface area contributed by atoms with Crippen LogP contribution in [0.25, 0.3) is 0 Å². The molecule has 0 unspecified atom stereocenters. The van der Waals surface area contributed by atoms with Crippen molar-refractivity contribution >= 4 is 5.78 Å². The number of rotatable bonds is 5. The van der Waals surface area contributed by atoms with Crippen LogP contribution in [0.15, 0.2) is 48.5 Å². The lowest BCUT2D eigenvalue weighted by molar-refractivity contribution is 0.0965. The first kappa shape index (κ1) is 14.3. The average Bonchev–Trinajstić information content (AvgIpc) is 2.41. The van der Waals surface area contributed by atoms with Gasteiger partial charge < -0.3 is 5.11 Å². The zero-order valence-corrected chi connectivity index (χ0v) is 12.0. The van der Waals surface area contributed by atoms with Gasteiger partial charge in [0.1, 0.15) is 5.75 Å². The average molecular weight is 268 g/mol. The second-order valence-corrected chi connectivity index (χ2v) is 5.54. The van der Waals surface area contributed by atoms with E-state index in [1.165, 1.54) is 5.56 Å². The highest BCUT2D eigenvalue weighted by atomic mass is 16.3. The molecule has 0 atom stereocenters. The molecule has 0 bridgehead atoms. The maximum atomic E-state index is 12.1. The highest BCUT2D eigenvalue weighted by molar-refractivity contribution is 5.98. The van der Waals surface area contributed by atoms with E-state index in [-0.39, 0.29) is 11.5 Å². The molecule has 2 heteroatoms. The number of carbonyl (C=O) groups is 1. The Bertz CT molecular complexity index is 586. The molecule has 0 aliphatic carbocycles. The number of phenolic OH excluding ortho intramolecular Hbond substituents is 1. The summed E-state index contributed by atoms with van der Waals surface area (Å²) in [6.45, 7) is 4.01. The third kappa shape index (κ3) is 3.70. The Balaban J connectivity index is 2.22. The van der Waals surface area contributed by atoms with Crippen LogP contribution in [0.3, 0.4) is 0 Å². The molecule has 0 heterocycles. The summed E-state index contributed by atoms with van der Waals surface area (Å²) in [5.74, 6) is 0.375. The van der Waals surface area contributed by atoms with Gasteiger partial charge in [-0.05, 0) is 35.6 Å². The molecule has 0 saturated carbocycles. The lowest BCUT2D eigenvalue weighted by Crippen LogP contribution is -2.04. The summed E-state index contributed by atoms with van der Waals surface area (Å²) < 4.78 is 0. The van der Waals surface area contributed by atoms with Gasteiger partial charge in [-0.2, -0.15) is 0 Å². The number of aromatic hydroxyl groups is 1. The molecule has 2 aromatic carbocycles. The standard InChI is InChI=1S/C18H20O2/c1-13(2)10-18(20)16-12-15(8-9-17(16)19)11-14-6-4-3-5-7-14/h3-9,12-13,19H,10-11H2,1-2H3. The largest absolute Gasteiger partial charge is 0.507 e. The van der Waals surface area contributed by atoms with E-state index in [1.54, 1.807) is 6.07 Å². The number of phenols is 1. The van der Waals surface area contributed by atoms with Crippen molar-refractivity contribution in [3.63, 3.8) is 0 Å². The van der Waals surface area contributed by atoms with Gasteiger partial charge in [0, 0.05) is 6.42 Å². The molecule has 104 valence electrons. The van der Waals surface area contributed by atoms with E-state index in [4.69, 9.17) is 0 Å². The third-order valence-corrected chi connectivity index (χ3v) is 3.21. The number of carbonyl (C=O) groups excluding carboxylic acids is 1. The zero-order valence-electron chi connectivity index (χ0n) is 12.0. The van der Waals surface area contributed by atoms with E-state index in [2.05, 4.69) is 12.1 Å². The van der Waals surface area contributed by atoms with Crippen LogP contribution in [0.1, 0.15) is 41.8 Å². The van der Waals surface area contributed by atoms with Crippen LogP contribution in [0.5, 0.6) is 5.75 Å². The Hall–Kier alpha value is -2.09. The SMILES string of the molecule is CC(C)CC(=O)c1cc(Cc2ccccc2)ccc1O. The third-order valence-electron chi connectivity index (χ3n) is 3.21. The van der Waals surface area contributed by atoms with E-state index < -0.39 is 0 Å². The molecular weight excluding hydrogens is 248 g/mol. The van der Waals surface area contributed by atoms with E-state index in [0.717, 1.165) is 12.0 Å². The monoisotopic (exact) mass is 268 g/mol. The summed E-state index contributed by atoms with van der Waals surface area (Å²) in [7, 11) is 0. The Morgan fingerprint density at radius 1 is 1.05 bits per heavy atom. The molecular formula is C18H20O2. The van der Waals surface area contributed by atoms with Crippen LogP contribution in [-0.4, -0.2) is 10.9 Å². The van der Waals surface area contributed by atoms with Crippen molar-refractivity contribution in [3.05, 3.63) is 65.2 Å². The highest BCUT2D eigenvalue weighted by Crippen LogP contribution is 2.23. The van der Waals surface area contributed by atoms with Gasteiger partial charge in [0.15, 0.2) is 5.78 Å². The smallest absolute Gasteiger partial charge is 0.166 e. The Morgan fingerprint density at radius 2 is 1.75 bits per heavy atom. The molecule has 0 fully saturated rings. The fraction of sp³-hybridized carbons (Fsp3) is 0.278. The molecule has 20 heavy (non-hydrogen) atoms. The zero-order chi connectivity index (χ0) is 14.5. The molecule has 1 N–H and O–H groups in total. The van der Waals surface area contributed by atoms with Crippen LogP contribution in [0, 0.1) is 5.92 Å². The summed E-state index contributed by atoms with van der Waals surface area (Å²) in [5, 5.41) is 9.86. The number of benzene rings is 2. The minimum absolute atomic E-state index is 0.00686. The fourth-order valence-electron chi connectivity index (χ4n) is 2.23. The second kappa shape index (κ2) is 6.38. The van der Waals surface area contributed by atoms with E-state index in [9.17, 15) is 9.90 Å². The van der Waals surface area contributed by atoms with Crippen LogP contribution >= 0.6 is 0 Å². The van der Waals surface area contributed by atoms with E-state index >= 15 is 0 Å². The molecule has 2 rings (SSSR count). The van der Waals surface area contributed by atoms with Crippen LogP contribution in [0.2, 0.25) is 0 Å². The lowest BCUT2D eigenvalue weighted by Gasteiger charge is -2.09. The van der Waals surface area contributed by atoms with Gasteiger partial charge in [-0.25, -0.2) is 0 Å². The summed E-state index contributed by atoms with van der Waals surface area (Å²) >= 11 is 0. The summed E-state index contributed by atoms with van der Waals surface area (Å²) in [4.78, 5) is 12.1. The van der Waals surface area contributed by atoms with Gasteiger partial charge in [0.25, 0.3) is 0 Å². The number of Topliss-reactive ketones (excluding diaryl/α,β-unsaturated/α-hetero) is 1. The predicted molar refractivity (Wildman–Crippen MR) is 81.1 cm³/mol. The van der Waals surface area contributed by atoms with Crippen LogP contribution in [0.4, 0.5) is 0 Å². The normalized spacial score (nSPS) is 10.8. The first-order valence-corrected chi connectivity index (χ1v) is 6.95. The molecule has 0 aliphatic heterocycles.